The molecule has 0 aliphatic carbocycles. The molecule has 0 fully saturated rings. The standard InChI is InChI=1S/C18H18O2S/c1-3-12-7-13(4-2)17-9-14-5-6-16(11-19)21(20)18(14)10-15(17)8-12/h5-11,16H,3-4H2,1-2H3. The van der Waals surface area contributed by atoms with Gasteiger partial charge in [-0.1, -0.05) is 38.1 Å². The lowest BCUT2D eigenvalue weighted by Crippen LogP contribution is -2.17. The van der Waals surface area contributed by atoms with E-state index < -0.39 is 16.0 Å². The lowest BCUT2D eigenvalue weighted by Gasteiger charge is -2.17. The van der Waals surface area contributed by atoms with Gasteiger partial charge in [-0.05, 0) is 52.4 Å². The van der Waals surface area contributed by atoms with E-state index in [0.29, 0.717) is 0 Å². The summed E-state index contributed by atoms with van der Waals surface area (Å²) in [5.41, 5.74) is 3.59. The van der Waals surface area contributed by atoms with Gasteiger partial charge in [0.25, 0.3) is 0 Å². The predicted molar refractivity (Wildman–Crippen MR) is 88.0 cm³/mol. The lowest BCUT2D eigenvalue weighted by molar-refractivity contribution is -0.106. The second kappa shape index (κ2) is 5.57. The molecule has 1 heterocycles. The first-order chi connectivity index (χ1) is 10.2. The van der Waals surface area contributed by atoms with Gasteiger partial charge in [0.1, 0.15) is 11.5 Å². The summed E-state index contributed by atoms with van der Waals surface area (Å²) >= 11 is 0. The highest BCUT2D eigenvalue weighted by molar-refractivity contribution is 7.86. The highest BCUT2D eigenvalue weighted by atomic mass is 32.2. The zero-order chi connectivity index (χ0) is 15.0. The SMILES string of the molecule is CCc1cc(CC)c2cc3c(cc2c1)S(=O)C(C=O)C=C3. The number of fused-ring (bicyclic) bond motifs is 2. The minimum absolute atomic E-state index is 0.519. The highest BCUT2D eigenvalue weighted by Gasteiger charge is 2.22. The molecule has 108 valence electrons. The summed E-state index contributed by atoms with van der Waals surface area (Å²) in [6.07, 6.45) is 6.39. The molecule has 0 bridgehead atoms. The number of aldehydes is 1. The summed E-state index contributed by atoms with van der Waals surface area (Å²) in [7, 11) is -1.28. The minimum atomic E-state index is -1.28. The van der Waals surface area contributed by atoms with Crippen LogP contribution in [0.2, 0.25) is 0 Å². The van der Waals surface area contributed by atoms with Crippen molar-refractivity contribution in [2.24, 2.45) is 0 Å². The van der Waals surface area contributed by atoms with Crippen molar-refractivity contribution in [1.29, 1.82) is 0 Å². The van der Waals surface area contributed by atoms with E-state index in [4.69, 9.17) is 0 Å². The molecule has 0 amide bonds. The third-order valence-electron chi connectivity index (χ3n) is 4.08. The second-order valence-corrected chi connectivity index (χ2v) is 6.91. The average Bonchev–Trinajstić information content (AvgIpc) is 2.52. The fraction of sp³-hybridized carbons (Fsp3) is 0.278. The molecule has 0 saturated carbocycles. The smallest absolute Gasteiger partial charge is 0.139 e. The van der Waals surface area contributed by atoms with E-state index in [1.54, 1.807) is 6.08 Å². The van der Waals surface area contributed by atoms with E-state index in [0.717, 1.165) is 35.0 Å². The normalized spacial score (nSPS) is 20.5. The van der Waals surface area contributed by atoms with Crippen molar-refractivity contribution in [2.45, 2.75) is 36.8 Å². The molecule has 21 heavy (non-hydrogen) atoms. The quantitative estimate of drug-likeness (QED) is 0.810. The third kappa shape index (κ3) is 2.36. The molecule has 2 nitrogen and oxygen atoms in total. The molecule has 3 rings (SSSR count). The Labute approximate surface area is 127 Å². The minimum Gasteiger partial charge on any atom is -0.302 e. The zero-order valence-electron chi connectivity index (χ0n) is 12.3. The Morgan fingerprint density at radius 3 is 2.62 bits per heavy atom. The van der Waals surface area contributed by atoms with Crippen LogP contribution in [-0.4, -0.2) is 15.7 Å². The first-order valence-electron chi connectivity index (χ1n) is 7.31. The number of benzene rings is 2. The van der Waals surface area contributed by atoms with Gasteiger partial charge in [-0.2, -0.15) is 0 Å². The molecule has 2 aromatic rings. The van der Waals surface area contributed by atoms with E-state index in [9.17, 15) is 9.00 Å². The Hall–Kier alpha value is -1.74. The van der Waals surface area contributed by atoms with Crippen LogP contribution in [0.4, 0.5) is 0 Å². The van der Waals surface area contributed by atoms with E-state index in [1.807, 2.05) is 12.1 Å². The van der Waals surface area contributed by atoms with E-state index in [-0.39, 0.29) is 0 Å². The molecule has 2 unspecified atom stereocenters. The van der Waals surface area contributed by atoms with Crippen LogP contribution >= 0.6 is 0 Å². The van der Waals surface area contributed by atoms with Crippen molar-refractivity contribution >= 4 is 33.9 Å². The van der Waals surface area contributed by atoms with Gasteiger partial charge in [-0.25, -0.2) is 0 Å². The molecule has 0 saturated heterocycles. The zero-order valence-corrected chi connectivity index (χ0v) is 13.1. The van der Waals surface area contributed by atoms with Crippen LogP contribution in [0.1, 0.15) is 30.5 Å². The van der Waals surface area contributed by atoms with E-state index in [1.165, 1.54) is 16.5 Å². The van der Waals surface area contributed by atoms with Crippen LogP contribution in [0.5, 0.6) is 0 Å². The monoisotopic (exact) mass is 298 g/mol. The molecule has 3 heteroatoms. The second-order valence-electron chi connectivity index (χ2n) is 5.33. The summed E-state index contributed by atoms with van der Waals surface area (Å²) in [6, 6.07) is 8.53. The Balaban J connectivity index is 2.28. The fourth-order valence-corrected chi connectivity index (χ4v) is 4.08. The van der Waals surface area contributed by atoms with Crippen LogP contribution in [0.15, 0.2) is 35.2 Å². The molecule has 2 aromatic carbocycles. The van der Waals surface area contributed by atoms with Crippen LogP contribution in [0.25, 0.3) is 16.8 Å². The van der Waals surface area contributed by atoms with E-state index in [2.05, 4.69) is 32.0 Å². The molecule has 2 atom stereocenters. The van der Waals surface area contributed by atoms with Gasteiger partial charge in [0, 0.05) is 4.90 Å². The maximum absolute atomic E-state index is 12.4. The number of carbonyl (C=O) groups is 1. The number of carbonyl (C=O) groups excluding carboxylic acids is 1. The van der Waals surface area contributed by atoms with Gasteiger partial charge in [0.15, 0.2) is 0 Å². The molecule has 0 radical (unpaired) electrons. The third-order valence-corrected chi connectivity index (χ3v) is 5.63. The van der Waals surface area contributed by atoms with Crippen molar-refractivity contribution in [3.63, 3.8) is 0 Å². The van der Waals surface area contributed by atoms with E-state index >= 15 is 0 Å². The molecule has 0 aromatic heterocycles. The molecular weight excluding hydrogens is 280 g/mol. The number of hydrogen-bond acceptors (Lipinski definition) is 2. The Bertz CT molecular complexity index is 774. The molecule has 0 N–H and O–H groups in total. The van der Waals surface area contributed by atoms with Gasteiger partial charge in [0.2, 0.25) is 0 Å². The Kier molecular flexibility index (Phi) is 3.77. The van der Waals surface area contributed by atoms with Crippen molar-refractivity contribution in [1.82, 2.24) is 0 Å². The van der Waals surface area contributed by atoms with Crippen LogP contribution < -0.4 is 0 Å². The number of rotatable bonds is 3. The van der Waals surface area contributed by atoms with Gasteiger partial charge < -0.3 is 4.79 Å². The molecule has 1 aliphatic rings. The lowest BCUT2D eigenvalue weighted by atomic mass is 9.96. The van der Waals surface area contributed by atoms with Crippen LogP contribution in [0, 0.1) is 0 Å². The summed E-state index contributed by atoms with van der Waals surface area (Å²) in [6.45, 7) is 4.30. The number of hydrogen-bond donors (Lipinski definition) is 0. The summed E-state index contributed by atoms with van der Waals surface area (Å²) in [5.74, 6) is 0. The summed E-state index contributed by atoms with van der Waals surface area (Å²) < 4.78 is 12.4. The fourth-order valence-electron chi connectivity index (χ4n) is 2.87. The molecule has 0 spiro atoms. The summed E-state index contributed by atoms with van der Waals surface area (Å²) in [5, 5.41) is 1.83. The van der Waals surface area contributed by atoms with Crippen LogP contribution in [0.3, 0.4) is 0 Å². The van der Waals surface area contributed by atoms with Crippen molar-refractivity contribution < 1.29 is 9.00 Å². The Morgan fingerprint density at radius 1 is 1.14 bits per heavy atom. The van der Waals surface area contributed by atoms with Gasteiger partial charge in [-0.3, -0.25) is 4.21 Å². The highest BCUT2D eigenvalue weighted by Crippen LogP contribution is 2.31. The Morgan fingerprint density at radius 2 is 1.95 bits per heavy atom. The number of aryl methyl sites for hydroxylation is 2. The maximum Gasteiger partial charge on any atom is 0.139 e. The summed E-state index contributed by atoms with van der Waals surface area (Å²) in [4.78, 5) is 11.8. The van der Waals surface area contributed by atoms with Gasteiger partial charge in [-0.15, -0.1) is 0 Å². The predicted octanol–water partition coefficient (Wildman–Crippen LogP) is 3.67. The largest absolute Gasteiger partial charge is 0.302 e. The van der Waals surface area contributed by atoms with Gasteiger partial charge in [0.05, 0.1) is 10.8 Å². The first-order valence-corrected chi connectivity index (χ1v) is 8.52. The van der Waals surface area contributed by atoms with Gasteiger partial charge >= 0.3 is 0 Å². The first kappa shape index (κ1) is 14.2. The van der Waals surface area contributed by atoms with Crippen molar-refractivity contribution in [2.75, 3.05) is 0 Å². The average molecular weight is 298 g/mol. The van der Waals surface area contributed by atoms with Crippen molar-refractivity contribution in [3.05, 3.63) is 47.0 Å². The maximum atomic E-state index is 12.4. The topological polar surface area (TPSA) is 34.1 Å². The molecular formula is C18H18O2S. The van der Waals surface area contributed by atoms with Crippen LogP contribution in [-0.2, 0) is 28.4 Å². The molecule has 1 aliphatic heterocycles. The van der Waals surface area contributed by atoms with Crippen molar-refractivity contribution in [3.8, 4) is 0 Å².